The molecule has 8 nitrogen and oxygen atoms in total. The highest BCUT2D eigenvalue weighted by Crippen LogP contribution is 2.36. The smallest absolute Gasteiger partial charge is 0.338 e. The summed E-state index contributed by atoms with van der Waals surface area (Å²) in [6.45, 7) is 5.96. The zero-order valence-electron chi connectivity index (χ0n) is 22.4. The van der Waals surface area contributed by atoms with E-state index >= 15 is 0 Å². The Hall–Kier alpha value is -4.08. The number of rotatable bonds is 8. The molecule has 40 heavy (non-hydrogen) atoms. The quantitative estimate of drug-likeness (QED) is 0.270. The fourth-order valence-electron chi connectivity index (χ4n) is 4.57. The number of hydrogen-bond acceptors (Lipinski definition) is 8. The topological polar surface area (TPSA) is 92.3 Å². The molecule has 1 atom stereocenters. The van der Waals surface area contributed by atoms with Crippen LogP contribution in [0, 0.1) is 0 Å². The number of furan rings is 1. The van der Waals surface area contributed by atoms with Crippen molar-refractivity contribution in [2.45, 2.75) is 26.8 Å². The average molecular weight is 579 g/mol. The number of methoxy groups -OCH3 is 1. The molecule has 5 rings (SSSR count). The van der Waals surface area contributed by atoms with Crippen molar-refractivity contribution in [2.24, 2.45) is 4.99 Å². The fourth-order valence-corrected chi connectivity index (χ4v) is 5.72. The van der Waals surface area contributed by atoms with E-state index in [-0.39, 0.29) is 17.7 Å². The van der Waals surface area contributed by atoms with E-state index in [1.54, 1.807) is 57.4 Å². The van der Waals surface area contributed by atoms with Crippen LogP contribution in [0.3, 0.4) is 0 Å². The number of allylic oxidation sites excluding steroid dienone is 1. The number of carbonyl (C=O) groups excluding carboxylic acids is 1. The zero-order chi connectivity index (χ0) is 28.4. The van der Waals surface area contributed by atoms with Gasteiger partial charge in [-0.05, 0) is 74.9 Å². The van der Waals surface area contributed by atoms with Crippen LogP contribution in [0.15, 0.2) is 80.1 Å². The van der Waals surface area contributed by atoms with Gasteiger partial charge < -0.3 is 18.6 Å². The number of thiazole rings is 1. The maximum atomic E-state index is 13.9. The highest BCUT2D eigenvalue weighted by atomic mass is 35.5. The summed E-state index contributed by atoms with van der Waals surface area (Å²) in [5.41, 5.74) is 1.99. The van der Waals surface area contributed by atoms with Gasteiger partial charge in [0.2, 0.25) is 0 Å². The molecule has 1 aliphatic rings. The molecule has 0 bridgehead atoms. The molecule has 0 unspecified atom stereocenters. The first-order chi connectivity index (χ1) is 19.3. The highest BCUT2D eigenvalue weighted by molar-refractivity contribution is 7.07. The molecular formula is C30H27ClN2O6S. The molecule has 2 aromatic carbocycles. The van der Waals surface area contributed by atoms with Crippen molar-refractivity contribution < 1.29 is 23.4 Å². The zero-order valence-corrected chi connectivity index (χ0v) is 24.0. The Morgan fingerprint density at radius 2 is 1.88 bits per heavy atom. The molecule has 10 heteroatoms. The average Bonchev–Trinajstić information content (AvgIpc) is 3.53. The molecule has 0 fully saturated rings. The van der Waals surface area contributed by atoms with Gasteiger partial charge in [0.1, 0.15) is 11.5 Å². The number of fused-ring (bicyclic) bond motifs is 1. The van der Waals surface area contributed by atoms with E-state index in [0.29, 0.717) is 55.2 Å². The summed E-state index contributed by atoms with van der Waals surface area (Å²) in [5, 5.41) is 0.633. The SMILES string of the molecule is CCOC(=O)C1=C(C)N=c2s/c(=C\c3ccc(-c4ccc(Cl)cc4)o3)c(=O)n2[C@H]1c1ccc(OC)c(OCC)c1. The van der Waals surface area contributed by atoms with Crippen LogP contribution in [-0.4, -0.2) is 30.9 Å². The summed E-state index contributed by atoms with van der Waals surface area (Å²) < 4.78 is 24.6. The van der Waals surface area contributed by atoms with E-state index < -0.39 is 12.0 Å². The minimum atomic E-state index is -0.774. The lowest BCUT2D eigenvalue weighted by molar-refractivity contribution is -0.139. The van der Waals surface area contributed by atoms with Crippen LogP contribution < -0.4 is 24.4 Å². The van der Waals surface area contributed by atoms with Crippen molar-refractivity contribution in [1.82, 2.24) is 4.57 Å². The maximum absolute atomic E-state index is 13.9. The summed E-state index contributed by atoms with van der Waals surface area (Å²) in [7, 11) is 1.56. The minimum Gasteiger partial charge on any atom is -0.493 e. The van der Waals surface area contributed by atoms with Crippen LogP contribution in [0.2, 0.25) is 5.02 Å². The summed E-state index contributed by atoms with van der Waals surface area (Å²) in [4.78, 5) is 32.1. The van der Waals surface area contributed by atoms with E-state index in [2.05, 4.69) is 4.99 Å². The number of hydrogen-bond donors (Lipinski definition) is 0. The van der Waals surface area contributed by atoms with E-state index in [1.165, 1.54) is 15.9 Å². The summed E-state index contributed by atoms with van der Waals surface area (Å²) >= 11 is 7.23. The second kappa shape index (κ2) is 11.6. The highest BCUT2D eigenvalue weighted by Gasteiger charge is 2.34. The molecule has 0 saturated carbocycles. The van der Waals surface area contributed by atoms with Gasteiger partial charge in [0.05, 0.1) is 42.2 Å². The van der Waals surface area contributed by atoms with Crippen LogP contribution in [0.5, 0.6) is 11.5 Å². The molecule has 0 saturated heterocycles. The van der Waals surface area contributed by atoms with Gasteiger partial charge in [0.15, 0.2) is 16.3 Å². The molecule has 206 valence electrons. The van der Waals surface area contributed by atoms with Crippen LogP contribution in [-0.2, 0) is 9.53 Å². The number of nitrogens with zero attached hydrogens (tertiary/aromatic N) is 2. The molecule has 1 aliphatic heterocycles. The van der Waals surface area contributed by atoms with Crippen molar-refractivity contribution in [3.05, 3.63) is 102 Å². The summed E-state index contributed by atoms with van der Waals surface area (Å²) in [6, 6.07) is 15.5. The first-order valence-electron chi connectivity index (χ1n) is 12.7. The van der Waals surface area contributed by atoms with Crippen molar-refractivity contribution in [2.75, 3.05) is 20.3 Å². The van der Waals surface area contributed by atoms with Crippen LogP contribution in [0.25, 0.3) is 17.4 Å². The van der Waals surface area contributed by atoms with Crippen LogP contribution in [0.4, 0.5) is 0 Å². The van der Waals surface area contributed by atoms with Gasteiger partial charge in [0.25, 0.3) is 5.56 Å². The van der Waals surface area contributed by atoms with Crippen molar-refractivity contribution in [3.8, 4) is 22.8 Å². The largest absolute Gasteiger partial charge is 0.493 e. The Kier molecular flexibility index (Phi) is 7.95. The molecule has 2 aromatic heterocycles. The number of halogens is 1. The van der Waals surface area contributed by atoms with Crippen molar-refractivity contribution >= 4 is 35.0 Å². The molecular weight excluding hydrogens is 552 g/mol. The van der Waals surface area contributed by atoms with E-state index in [1.807, 2.05) is 31.2 Å². The Morgan fingerprint density at radius 3 is 2.58 bits per heavy atom. The summed E-state index contributed by atoms with van der Waals surface area (Å²) in [5.74, 6) is 1.68. The van der Waals surface area contributed by atoms with Crippen LogP contribution in [0.1, 0.15) is 38.1 Å². The Balaban J connectivity index is 1.65. The third-order valence-electron chi connectivity index (χ3n) is 6.35. The number of ether oxygens (including phenoxy) is 3. The van der Waals surface area contributed by atoms with E-state index in [4.69, 9.17) is 30.2 Å². The number of esters is 1. The third-order valence-corrected chi connectivity index (χ3v) is 7.58. The van der Waals surface area contributed by atoms with Crippen molar-refractivity contribution in [3.63, 3.8) is 0 Å². The Bertz CT molecular complexity index is 1780. The number of benzene rings is 2. The predicted molar refractivity (Wildman–Crippen MR) is 154 cm³/mol. The standard InChI is InChI=1S/C30H27ClN2O6S/c1-5-37-24-15-19(9-13-23(24)36-4)27-26(29(35)38-6-2)17(3)32-30-33(27)28(34)25(40-30)16-21-12-14-22(39-21)18-7-10-20(31)11-8-18/h7-16,27H,5-6H2,1-4H3/b25-16-/t27-/m0/s1. The van der Waals surface area contributed by atoms with Crippen LogP contribution >= 0.6 is 22.9 Å². The first-order valence-corrected chi connectivity index (χ1v) is 13.9. The molecule has 0 spiro atoms. The van der Waals surface area contributed by atoms with E-state index in [0.717, 1.165) is 5.56 Å². The summed E-state index contributed by atoms with van der Waals surface area (Å²) in [6.07, 6.45) is 1.68. The Morgan fingerprint density at radius 1 is 1.10 bits per heavy atom. The van der Waals surface area contributed by atoms with Gasteiger partial charge >= 0.3 is 5.97 Å². The van der Waals surface area contributed by atoms with Gasteiger partial charge in [-0.2, -0.15) is 0 Å². The van der Waals surface area contributed by atoms with E-state index in [9.17, 15) is 9.59 Å². The maximum Gasteiger partial charge on any atom is 0.338 e. The van der Waals surface area contributed by atoms with Crippen molar-refractivity contribution in [1.29, 1.82) is 0 Å². The lowest BCUT2D eigenvalue weighted by Gasteiger charge is -2.25. The predicted octanol–water partition coefficient (Wildman–Crippen LogP) is 5.12. The number of carbonyl (C=O) groups is 1. The monoisotopic (exact) mass is 578 g/mol. The molecule has 3 heterocycles. The lowest BCUT2D eigenvalue weighted by atomic mass is 9.95. The second-order valence-electron chi connectivity index (χ2n) is 8.85. The molecule has 0 aliphatic carbocycles. The Labute approximate surface area is 239 Å². The first kappa shape index (κ1) is 27.5. The second-order valence-corrected chi connectivity index (χ2v) is 10.3. The molecule has 4 aromatic rings. The molecule has 0 N–H and O–H groups in total. The van der Waals surface area contributed by atoms with Gasteiger partial charge in [-0.25, -0.2) is 9.79 Å². The minimum absolute atomic E-state index is 0.189. The fraction of sp³-hybridized carbons (Fsp3) is 0.233. The van der Waals surface area contributed by atoms with Gasteiger partial charge in [-0.1, -0.05) is 29.0 Å². The molecule has 0 radical (unpaired) electrons. The molecule has 0 amide bonds. The third kappa shape index (κ3) is 5.22. The van der Waals surface area contributed by atoms with Gasteiger partial charge in [-0.15, -0.1) is 0 Å². The lowest BCUT2D eigenvalue weighted by Crippen LogP contribution is -2.39. The van der Waals surface area contributed by atoms with Gasteiger partial charge in [0, 0.05) is 16.7 Å². The van der Waals surface area contributed by atoms with Gasteiger partial charge in [-0.3, -0.25) is 9.36 Å². The normalized spacial score (nSPS) is 15.0. The number of aromatic nitrogens is 1.